The Morgan fingerprint density at radius 3 is 2.45 bits per heavy atom. The molecule has 0 bridgehead atoms. The third-order valence-electron chi connectivity index (χ3n) is 4.28. The van der Waals surface area contributed by atoms with Crippen molar-refractivity contribution in [3.05, 3.63) is 24.3 Å². The molecule has 1 aliphatic carbocycles. The fraction of sp³-hybridized carbons (Fsp3) is 0.600. The van der Waals surface area contributed by atoms with E-state index < -0.39 is 10.0 Å². The molecular weight excluding hydrogens is 272 g/mol. The smallest absolute Gasteiger partial charge is 0.240 e. The Labute approximate surface area is 121 Å². The van der Waals surface area contributed by atoms with E-state index in [1.807, 2.05) is 18.2 Å². The average molecular weight is 294 g/mol. The number of hydrogen-bond acceptors (Lipinski definition) is 3. The summed E-state index contributed by atoms with van der Waals surface area (Å²) in [6.45, 7) is 2.05. The number of anilines is 1. The number of rotatable bonds is 4. The first-order valence-corrected chi connectivity index (χ1v) is 9.01. The Morgan fingerprint density at radius 1 is 1.05 bits per heavy atom. The molecule has 0 radical (unpaired) electrons. The number of hydrogen-bond donors (Lipinski definition) is 1. The van der Waals surface area contributed by atoms with Gasteiger partial charge >= 0.3 is 0 Å². The molecule has 0 unspecified atom stereocenters. The van der Waals surface area contributed by atoms with Crippen LogP contribution in [-0.4, -0.2) is 27.5 Å². The fourth-order valence-electron chi connectivity index (χ4n) is 3.15. The standard InChI is InChI=1S/C15H22N2O2S/c18-20(19,16-13-6-1-2-7-13)15-9-5-8-14(12-15)17-10-3-4-11-17/h5,8-9,12-13,16H,1-4,6-7,10-11H2. The molecule has 1 saturated heterocycles. The highest BCUT2D eigenvalue weighted by molar-refractivity contribution is 7.89. The van der Waals surface area contributed by atoms with Crippen LogP contribution in [0.25, 0.3) is 0 Å². The topological polar surface area (TPSA) is 49.4 Å². The van der Waals surface area contributed by atoms with Crippen molar-refractivity contribution in [1.29, 1.82) is 0 Å². The summed E-state index contributed by atoms with van der Waals surface area (Å²) < 4.78 is 27.7. The molecule has 0 atom stereocenters. The number of nitrogens with zero attached hydrogens (tertiary/aromatic N) is 1. The monoisotopic (exact) mass is 294 g/mol. The van der Waals surface area contributed by atoms with Crippen LogP contribution < -0.4 is 9.62 Å². The van der Waals surface area contributed by atoms with E-state index in [-0.39, 0.29) is 6.04 Å². The second-order valence-corrected chi connectivity index (χ2v) is 7.51. The van der Waals surface area contributed by atoms with E-state index >= 15 is 0 Å². The Hall–Kier alpha value is -1.07. The largest absolute Gasteiger partial charge is 0.371 e. The average Bonchev–Trinajstić information content (AvgIpc) is 3.11. The van der Waals surface area contributed by atoms with Crippen LogP contribution in [0.4, 0.5) is 5.69 Å². The van der Waals surface area contributed by atoms with Gasteiger partial charge in [-0.2, -0.15) is 0 Å². The highest BCUT2D eigenvalue weighted by Gasteiger charge is 2.23. The van der Waals surface area contributed by atoms with Crippen molar-refractivity contribution < 1.29 is 8.42 Å². The molecule has 0 amide bonds. The maximum absolute atomic E-state index is 12.4. The first-order valence-electron chi connectivity index (χ1n) is 7.52. The lowest BCUT2D eigenvalue weighted by molar-refractivity contribution is 0.552. The first-order chi connectivity index (χ1) is 9.65. The SMILES string of the molecule is O=S(=O)(NC1CCCC1)c1cccc(N2CCCC2)c1. The molecule has 0 aromatic heterocycles. The minimum absolute atomic E-state index is 0.121. The molecule has 1 heterocycles. The number of benzene rings is 1. The second-order valence-electron chi connectivity index (χ2n) is 5.79. The molecular formula is C15H22N2O2S. The zero-order valence-corrected chi connectivity index (χ0v) is 12.5. The molecule has 2 fully saturated rings. The van der Waals surface area contributed by atoms with Gasteiger partial charge in [0.2, 0.25) is 10.0 Å². The summed E-state index contributed by atoms with van der Waals surface area (Å²) >= 11 is 0. The third-order valence-corrected chi connectivity index (χ3v) is 5.79. The summed E-state index contributed by atoms with van der Waals surface area (Å²) in [5, 5.41) is 0. The number of nitrogens with one attached hydrogen (secondary N) is 1. The van der Waals surface area contributed by atoms with Crippen molar-refractivity contribution in [1.82, 2.24) is 4.72 Å². The van der Waals surface area contributed by atoms with E-state index in [9.17, 15) is 8.42 Å². The van der Waals surface area contributed by atoms with Gasteiger partial charge in [-0.1, -0.05) is 18.9 Å². The summed E-state index contributed by atoms with van der Waals surface area (Å²) in [5.41, 5.74) is 1.02. The molecule has 0 spiro atoms. The molecule has 110 valence electrons. The summed E-state index contributed by atoms with van der Waals surface area (Å²) in [4.78, 5) is 2.66. The van der Waals surface area contributed by atoms with Gasteiger partial charge < -0.3 is 4.90 Å². The maximum atomic E-state index is 12.4. The van der Waals surface area contributed by atoms with Gasteiger partial charge in [-0.05, 0) is 43.9 Å². The van der Waals surface area contributed by atoms with Crippen LogP contribution in [0, 0.1) is 0 Å². The summed E-state index contributed by atoms with van der Waals surface area (Å²) in [6.07, 6.45) is 6.56. The van der Waals surface area contributed by atoms with Gasteiger partial charge in [0.1, 0.15) is 0 Å². The van der Waals surface area contributed by atoms with Gasteiger partial charge in [-0.25, -0.2) is 13.1 Å². The van der Waals surface area contributed by atoms with Crippen LogP contribution in [0.15, 0.2) is 29.2 Å². The van der Waals surface area contributed by atoms with Gasteiger partial charge in [-0.15, -0.1) is 0 Å². The Kier molecular flexibility index (Phi) is 3.98. The zero-order valence-electron chi connectivity index (χ0n) is 11.7. The summed E-state index contributed by atoms with van der Waals surface area (Å²) in [5.74, 6) is 0. The Morgan fingerprint density at radius 2 is 1.75 bits per heavy atom. The zero-order chi connectivity index (χ0) is 14.0. The van der Waals surface area contributed by atoms with Crippen LogP contribution in [0.2, 0.25) is 0 Å². The lowest BCUT2D eigenvalue weighted by Crippen LogP contribution is -2.32. The predicted molar refractivity (Wildman–Crippen MR) is 80.5 cm³/mol. The molecule has 5 heteroatoms. The van der Waals surface area contributed by atoms with Gasteiger partial charge in [0.25, 0.3) is 0 Å². The van der Waals surface area contributed by atoms with Crippen molar-refractivity contribution in [3.63, 3.8) is 0 Å². The molecule has 1 aromatic rings. The molecule has 2 aliphatic rings. The van der Waals surface area contributed by atoms with Crippen LogP contribution >= 0.6 is 0 Å². The van der Waals surface area contributed by atoms with Crippen molar-refractivity contribution >= 4 is 15.7 Å². The van der Waals surface area contributed by atoms with Gasteiger partial charge in [0.15, 0.2) is 0 Å². The lowest BCUT2D eigenvalue weighted by atomic mass is 10.3. The minimum atomic E-state index is -3.37. The molecule has 4 nitrogen and oxygen atoms in total. The molecule has 1 aliphatic heterocycles. The van der Waals surface area contributed by atoms with Crippen LogP contribution in [0.1, 0.15) is 38.5 Å². The Bertz CT molecular complexity index is 559. The maximum Gasteiger partial charge on any atom is 0.240 e. The molecule has 1 N–H and O–H groups in total. The fourth-order valence-corrected chi connectivity index (χ4v) is 4.50. The van der Waals surface area contributed by atoms with E-state index in [4.69, 9.17) is 0 Å². The molecule has 20 heavy (non-hydrogen) atoms. The minimum Gasteiger partial charge on any atom is -0.371 e. The molecule has 1 aromatic carbocycles. The first kappa shape index (κ1) is 13.9. The molecule has 3 rings (SSSR count). The van der Waals surface area contributed by atoms with Crippen molar-refractivity contribution in [2.75, 3.05) is 18.0 Å². The third kappa shape index (κ3) is 2.99. The van der Waals surface area contributed by atoms with Gasteiger partial charge in [0, 0.05) is 24.8 Å². The molecule has 1 saturated carbocycles. The highest BCUT2D eigenvalue weighted by atomic mass is 32.2. The van der Waals surface area contributed by atoms with Crippen LogP contribution in [0.3, 0.4) is 0 Å². The second kappa shape index (κ2) is 5.74. The van der Waals surface area contributed by atoms with E-state index in [1.165, 1.54) is 12.8 Å². The van der Waals surface area contributed by atoms with E-state index in [2.05, 4.69) is 9.62 Å². The summed E-state index contributed by atoms with van der Waals surface area (Å²) in [6, 6.07) is 7.46. The van der Waals surface area contributed by atoms with Crippen molar-refractivity contribution in [3.8, 4) is 0 Å². The van der Waals surface area contributed by atoms with Crippen molar-refractivity contribution in [2.24, 2.45) is 0 Å². The normalized spacial score (nSPS) is 20.7. The van der Waals surface area contributed by atoms with E-state index in [0.717, 1.165) is 44.5 Å². The van der Waals surface area contributed by atoms with Crippen LogP contribution in [0.5, 0.6) is 0 Å². The van der Waals surface area contributed by atoms with Crippen LogP contribution in [-0.2, 0) is 10.0 Å². The quantitative estimate of drug-likeness (QED) is 0.928. The Balaban J connectivity index is 1.79. The van der Waals surface area contributed by atoms with Gasteiger partial charge in [0.05, 0.1) is 4.90 Å². The number of sulfonamides is 1. The van der Waals surface area contributed by atoms with E-state index in [1.54, 1.807) is 6.07 Å². The lowest BCUT2D eigenvalue weighted by Gasteiger charge is -2.19. The predicted octanol–water partition coefficient (Wildman–Crippen LogP) is 2.51. The summed E-state index contributed by atoms with van der Waals surface area (Å²) in [7, 11) is -3.37. The van der Waals surface area contributed by atoms with Gasteiger partial charge in [-0.3, -0.25) is 0 Å². The highest BCUT2D eigenvalue weighted by Crippen LogP contribution is 2.25. The van der Waals surface area contributed by atoms with Crippen molar-refractivity contribution in [2.45, 2.75) is 49.5 Å². The van der Waals surface area contributed by atoms with E-state index in [0.29, 0.717) is 4.90 Å².